The maximum absolute atomic E-state index is 14.7. The molecule has 1 amide bonds. The number of fused-ring (bicyclic) bond motifs is 13. The number of carbonyl (C=O) groups is 3. The van der Waals surface area contributed by atoms with Crippen molar-refractivity contribution in [2.24, 2.45) is 39.6 Å². The second kappa shape index (κ2) is 22.1. The van der Waals surface area contributed by atoms with Gasteiger partial charge < -0.3 is 49.6 Å². The number of anilines is 1. The number of ether oxygens (including phenoxy) is 4. The average molecular weight is 984 g/mol. The Morgan fingerprint density at radius 3 is 2.25 bits per heavy atom. The minimum atomic E-state index is -1.97. The number of phenolic OH excluding ortho intramolecular Hbond substituents is 2. The van der Waals surface area contributed by atoms with Crippen LogP contribution in [0.3, 0.4) is 0 Å². The van der Waals surface area contributed by atoms with E-state index in [4.69, 9.17) is 35.5 Å². The van der Waals surface area contributed by atoms with Gasteiger partial charge in [-0.3, -0.25) is 31.3 Å². The van der Waals surface area contributed by atoms with Gasteiger partial charge in [0.2, 0.25) is 0 Å². The van der Waals surface area contributed by atoms with Gasteiger partial charge in [0, 0.05) is 86.7 Å². The molecule has 2 aromatic carbocycles. The fourth-order valence-electron chi connectivity index (χ4n) is 9.30. The van der Waals surface area contributed by atoms with Gasteiger partial charge in [-0.2, -0.15) is 0 Å². The smallest absolute Gasteiger partial charge is 0.312 e. The number of carbonyl (C=O) groups excluding carboxylic acids is 3. The number of rotatable bonds is 6. The van der Waals surface area contributed by atoms with Crippen molar-refractivity contribution in [2.75, 3.05) is 32.1 Å². The van der Waals surface area contributed by atoms with E-state index in [1.54, 1.807) is 70.8 Å². The normalized spacial score (nSPS) is 30.4. The number of hydrogen-bond donors (Lipinski definition) is 5. The maximum atomic E-state index is 14.7. The quantitative estimate of drug-likeness (QED) is 0.0762. The Labute approximate surface area is 407 Å². The van der Waals surface area contributed by atoms with Crippen LogP contribution in [0.2, 0.25) is 0 Å². The summed E-state index contributed by atoms with van der Waals surface area (Å²) in [5.41, 5.74) is 0.407. The maximum Gasteiger partial charge on any atom is 0.312 e. The fraction of sp³-hybridized carbons (Fsp3) is 0.519. The molecule has 1 saturated heterocycles. The van der Waals surface area contributed by atoms with Crippen molar-refractivity contribution in [1.29, 1.82) is 0 Å². The Hall–Kier alpha value is -5.12. The van der Waals surface area contributed by atoms with Gasteiger partial charge in [-0.25, -0.2) is 0 Å². The predicted molar refractivity (Wildman–Crippen MR) is 256 cm³/mol. The summed E-state index contributed by atoms with van der Waals surface area (Å²) in [7, 11) is 1.45. The molecule has 0 radical (unpaired) electrons. The third kappa shape index (κ3) is 11.2. The predicted octanol–water partition coefficient (Wildman–Crippen LogP) is 5.83. The minimum absolute atomic E-state index is 0.0295. The number of aromatic hydroxyl groups is 2. The van der Waals surface area contributed by atoms with Crippen molar-refractivity contribution in [2.45, 2.75) is 118 Å². The molecular formula is C52H68N4NiO11-2. The molecule has 1 fully saturated rings. The molecule has 68 heavy (non-hydrogen) atoms. The van der Waals surface area contributed by atoms with Crippen LogP contribution in [0, 0.1) is 50.0 Å². The molecule has 0 aliphatic carbocycles. The third-order valence-electron chi connectivity index (χ3n) is 13.4. The van der Waals surface area contributed by atoms with Crippen molar-refractivity contribution in [1.82, 2.24) is 4.90 Å². The summed E-state index contributed by atoms with van der Waals surface area (Å²) in [5.74, 6) is -6.85. The van der Waals surface area contributed by atoms with Crippen molar-refractivity contribution >= 4 is 39.1 Å². The van der Waals surface area contributed by atoms with Crippen molar-refractivity contribution < 1.29 is 68.8 Å². The van der Waals surface area contributed by atoms with Crippen molar-refractivity contribution in [3.8, 4) is 17.2 Å². The summed E-state index contributed by atoms with van der Waals surface area (Å²) in [4.78, 5) is 55.1. The standard InChI is InChI=1S/C46H61N4O11.C6H7.Ni/c1-22(2)21-50-18-16-46(17-19-50)48-34-31-32-39(54)28(8)42-33(31)43(56)45(10,61-42)59-20-15-30(58-11)25(5)41(60-29(9)51)27(7)38(53)26(6)37(52)23(3)13-12-14-24(4)44(57)47-36(40(32)55)35(34)49-46;1-4-6(3)5-2;/h12-15,20,22-23,25-27,30,37-38,41,52-55H,9,16-19,21H2,1-8,10-11H3,(H,47,57);1-2,4-5H,3H3;/q2*-1;/b13-12+,20-15+,24-14-;6-4-;/t23-,25+,26+,27+,30-,37-,38+,41+,45-;;/m0../s1. The first-order chi connectivity index (χ1) is 32.0. The summed E-state index contributed by atoms with van der Waals surface area (Å²) in [6, 6.07) is 0. The number of benzene rings is 2. The van der Waals surface area contributed by atoms with Crippen LogP contribution < -0.4 is 20.8 Å². The molecule has 0 aromatic heterocycles. The molecule has 5 aliphatic heterocycles. The van der Waals surface area contributed by atoms with E-state index in [1.165, 1.54) is 32.4 Å². The molecule has 2 aromatic rings. The Balaban J connectivity index is 0.00000114. The molecule has 1 spiro atoms. The number of likely N-dealkylation sites (tertiary alicyclic amines) is 1. The van der Waals surface area contributed by atoms with Gasteiger partial charge >= 0.3 is 57.0 Å². The molecule has 374 valence electrons. The second-order valence-electron chi connectivity index (χ2n) is 19.0. The number of piperidine rings is 1. The van der Waals surface area contributed by atoms with E-state index in [0.717, 1.165) is 12.1 Å². The molecule has 5 N–H and O–H groups in total. The van der Waals surface area contributed by atoms with E-state index in [1.807, 2.05) is 6.92 Å². The van der Waals surface area contributed by atoms with Crippen LogP contribution in [0.25, 0.3) is 10.8 Å². The van der Waals surface area contributed by atoms with E-state index in [-0.39, 0.29) is 55.4 Å². The van der Waals surface area contributed by atoms with Gasteiger partial charge in [-0.05, 0) is 25.8 Å². The van der Waals surface area contributed by atoms with Crippen LogP contribution in [0.4, 0.5) is 5.69 Å². The van der Waals surface area contributed by atoms with Crippen LogP contribution in [0.15, 0.2) is 63.8 Å². The van der Waals surface area contributed by atoms with E-state index in [0.29, 0.717) is 31.8 Å². The third-order valence-corrected chi connectivity index (χ3v) is 13.6. The number of aliphatic hydroxyl groups is 2. The summed E-state index contributed by atoms with van der Waals surface area (Å²) < 4.78 is 23.8. The molecule has 5 bridgehead atoms. The monoisotopic (exact) mass is 982 g/mol. The van der Waals surface area contributed by atoms with E-state index in [2.05, 4.69) is 46.0 Å². The number of esters is 1. The number of hydrogen-bond acceptors (Lipinski definition) is 14. The molecular weight excluding hydrogens is 915 g/mol. The number of ketones is 1. The largest absolute Gasteiger partial charge is 0.507 e. The van der Waals surface area contributed by atoms with Crippen LogP contribution in [0.5, 0.6) is 17.2 Å². The van der Waals surface area contributed by atoms with Crippen molar-refractivity contribution in [3.63, 3.8) is 0 Å². The fourth-order valence-corrected chi connectivity index (χ4v) is 9.56. The Morgan fingerprint density at radius 1 is 1.03 bits per heavy atom. The number of nitrogens with zero attached hydrogens (tertiary/aromatic N) is 3. The average Bonchev–Trinajstić information content (AvgIpc) is 3.79. The SMILES string of the molecule is [CH-]=C/C(C)=C\[CH]=[Ni].[CH2-]C(=O)O[C@H]1[C@H](C)[C@H](O)[C@H](C)[C@@H](O)[C@@H](C)/C=C/C=C(/C)C(=O)Nc2c(O)c3c(O)c(C)c4c(c3c3c2=NC2(CCN(CC(C)C)CC2)N=3)C(=O)[C@@](C)(O/C=C/[C@H](OC)[C@H]1C)O4. The Morgan fingerprint density at radius 2 is 1.68 bits per heavy atom. The Kier molecular flexibility index (Phi) is 17.5. The molecule has 0 saturated carbocycles. The van der Waals surface area contributed by atoms with Gasteiger partial charge in [0.05, 0.1) is 40.9 Å². The summed E-state index contributed by atoms with van der Waals surface area (Å²) in [5, 5.41) is 50.1. The topological polar surface area (TPSA) is 209 Å². The first kappa shape index (κ1) is 53.8. The number of Topliss-reactive ketones (excluding diaryl/α,β-unsaturated/α-hetero) is 1. The van der Waals surface area contributed by atoms with E-state index in [9.17, 15) is 34.8 Å². The summed E-state index contributed by atoms with van der Waals surface area (Å²) in [6.07, 6.45) is 8.15. The van der Waals surface area contributed by atoms with Gasteiger partial charge in [-0.1, -0.05) is 59.8 Å². The number of phenols is 2. The van der Waals surface area contributed by atoms with E-state index < -0.39 is 82.9 Å². The van der Waals surface area contributed by atoms with Crippen LogP contribution in [0.1, 0.15) is 91.1 Å². The van der Waals surface area contributed by atoms with Crippen molar-refractivity contribution in [3.05, 3.63) is 89.2 Å². The molecule has 5 aliphatic rings. The summed E-state index contributed by atoms with van der Waals surface area (Å²) in [6.45, 7) is 28.5. The zero-order valence-electron chi connectivity index (χ0n) is 40.9. The number of nitrogens with one attached hydrogen (secondary N) is 1. The molecule has 9 atom stereocenters. The van der Waals surface area contributed by atoms with Gasteiger partial charge in [0.1, 0.15) is 28.6 Å². The zero-order valence-corrected chi connectivity index (χ0v) is 41.9. The van der Waals surface area contributed by atoms with Gasteiger partial charge in [-0.15, -0.1) is 0 Å². The number of aliphatic hydroxyl groups excluding tert-OH is 2. The molecule has 0 unspecified atom stereocenters. The molecule has 15 nitrogen and oxygen atoms in total. The first-order valence-corrected chi connectivity index (χ1v) is 23.6. The van der Waals surface area contributed by atoms with E-state index >= 15 is 0 Å². The minimum Gasteiger partial charge on any atom is -0.507 e. The Bertz CT molecular complexity index is 2540. The van der Waals surface area contributed by atoms with Crippen LogP contribution >= 0.6 is 0 Å². The number of methoxy groups -OCH3 is 1. The molecule has 5 heterocycles. The molecule has 16 heteroatoms. The number of allylic oxidation sites excluding steroid dienone is 5. The van der Waals surface area contributed by atoms with Gasteiger partial charge in [0.25, 0.3) is 11.7 Å². The van der Waals surface area contributed by atoms with Gasteiger partial charge in [0.15, 0.2) is 17.4 Å². The summed E-state index contributed by atoms with van der Waals surface area (Å²) >= 11 is 4.26. The van der Waals surface area contributed by atoms with Crippen LogP contribution in [-0.4, -0.2) is 111 Å². The first-order valence-electron chi connectivity index (χ1n) is 23.0. The molecule has 7 rings (SSSR count). The van der Waals surface area contributed by atoms with Crippen LogP contribution in [-0.2, 0) is 38.8 Å². The number of amides is 1. The second-order valence-corrected chi connectivity index (χ2v) is 19.3. The zero-order chi connectivity index (χ0) is 50.6.